The van der Waals surface area contributed by atoms with Crippen molar-refractivity contribution < 1.29 is 19.8 Å². The maximum absolute atomic E-state index is 10.1. The molecule has 0 aromatic heterocycles. The predicted octanol–water partition coefficient (Wildman–Crippen LogP) is -0.528. The zero-order valence-electron chi connectivity index (χ0n) is 10.2. The van der Waals surface area contributed by atoms with Gasteiger partial charge >= 0.3 is 48.9 Å². The zero-order chi connectivity index (χ0) is 12.0. The van der Waals surface area contributed by atoms with Crippen molar-refractivity contribution in [3.8, 4) is 0 Å². The van der Waals surface area contributed by atoms with Crippen LogP contribution in [0.4, 0.5) is 0 Å². The van der Waals surface area contributed by atoms with Crippen molar-refractivity contribution in [2.45, 2.75) is 51.4 Å². The molecule has 0 saturated heterocycles. The monoisotopic (exact) mass is 364 g/mol. The van der Waals surface area contributed by atoms with E-state index >= 15 is 0 Å². The van der Waals surface area contributed by atoms with Crippen molar-refractivity contribution in [3.63, 3.8) is 0 Å². The van der Waals surface area contributed by atoms with Crippen LogP contribution in [0.15, 0.2) is 0 Å². The van der Waals surface area contributed by atoms with Crippen LogP contribution in [0.1, 0.15) is 51.4 Å². The summed E-state index contributed by atoms with van der Waals surface area (Å²) in [5, 5.41) is 20.2. The molecule has 0 N–H and O–H groups in total. The molecule has 2 aliphatic carbocycles. The molecule has 0 atom stereocenters. The van der Waals surface area contributed by atoms with Crippen LogP contribution < -0.4 is 10.2 Å². The Labute approximate surface area is 142 Å². The second-order valence-corrected chi connectivity index (χ2v) is 4.60. The van der Waals surface area contributed by atoms with Gasteiger partial charge in [0.1, 0.15) is 0 Å². The number of carboxylic acid groups (broad SMARTS) is 2. The van der Waals surface area contributed by atoms with Gasteiger partial charge in [-0.15, -0.1) is 0 Å². The second kappa shape index (κ2) is 9.44. The average molecular weight is 364 g/mol. The number of carbonyl (C=O) groups excluding carboxylic acids is 2. The van der Waals surface area contributed by atoms with Crippen LogP contribution in [-0.2, 0) is 9.59 Å². The maximum Gasteiger partial charge on any atom is 2.00 e. The van der Waals surface area contributed by atoms with Crippen LogP contribution in [0, 0.1) is 11.8 Å². The van der Waals surface area contributed by atoms with Gasteiger partial charge in [-0.05, 0) is 37.5 Å². The molecule has 92 valence electrons. The molecular formula is C12H18BaO4. The van der Waals surface area contributed by atoms with Crippen molar-refractivity contribution in [1.82, 2.24) is 0 Å². The Morgan fingerprint density at radius 1 is 0.706 bits per heavy atom. The Kier molecular flexibility index (Phi) is 9.73. The summed E-state index contributed by atoms with van der Waals surface area (Å²) in [7, 11) is 0. The first-order chi connectivity index (χ1) is 7.61. The molecule has 0 aromatic carbocycles. The van der Waals surface area contributed by atoms with Crippen molar-refractivity contribution in [2.24, 2.45) is 11.8 Å². The molecule has 0 unspecified atom stereocenters. The third kappa shape index (κ3) is 6.86. The van der Waals surface area contributed by atoms with Crippen molar-refractivity contribution in [2.75, 3.05) is 0 Å². The molecule has 17 heavy (non-hydrogen) atoms. The van der Waals surface area contributed by atoms with Crippen LogP contribution in [0.25, 0.3) is 0 Å². The number of rotatable bonds is 2. The van der Waals surface area contributed by atoms with Crippen LogP contribution in [0.3, 0.4) is 0 Å². The SMILES string of the molecule is O=C([O-])C1CCCC1.O=C([O-])C1CCCC1.[Ba+2]. The van der Waals surface area contributed by atoms with E-state index in [-0.39, 0.29) is 60.7 Å². The largest absolute Gasteiger partial charge is 2.00 e. The molecular weight excluding hydrogens is 345 g/mol. The minimum Gasteiger partial charge on any atom is -0.550 e. The Hall–Kier alpha value is 0.511. The summed E-state index contributed by atoms with van der Waals surface area (Å²) in [6, 6.07) is 0. The molecule has 0 radical (unpaired) electrons. The van der Waals surface area contributed by atoms with Crippen LogP contribution >= 0.6 is 0 Å². The van der Waals surface area contributed by atoms with Crippen molar-refractivity contribution in [3.05, 3.63) is 0 Å². The van der Waals surface area contributed by atoms with E-state index in [4.69, 9.17) is 0 Å². The number of carbonyl (C=O) groups is 2. The molecule has 2 fully saturated rings. The van der Waals surface area contributed by atoms with Gasteiger partial charge in [0.15, 0.2) is 0 Å². The normalized spacial score (nSPS) is 20.2. The van der Waals surface area contributed by atoms with Crippen molar-refractivity contribution >= 4 is 60.8 Å². The van der Waals surface area contributed by atoms with E-state index in [1.807, 2.05) is 0 Å². The average Bonchev–Trinajstić information content (AvgIpc) is 2.93. The molecule has 4 nitrogen and oxygen atoms in total. The van der Waals surface area contributed by atoms with E-state index in [1.165, 1.54) is 0 Å². The quantitative estimate of drug-likeness (QED) is 0.618. The Balaban J connectivity index is 0.000000284. The van der Waals surface area contributed by atoms with E-state index < -0.39 is 11.9 Å². The standard InChI is InChI=1S/2C6H10O2.Ba/c2*7-6(8)5-3-1-2-4-5;/h2*5H,1-4H2,(H,7,8);/q;;+2/p-2. The maximum atomic E-state index is 10.1. The van der Waals surface area contributed by atoms with E-state index in [0.29, 0.717) is 0 Å². The van der Waals surface area contributed by atoms with Gasteiger partial charge in [-0.1, -0.05) is 25.7 Å². The van der Waals surface area contributed by atoms with Gasteiger partial charge in [-0.3, -0.25) is 0 Å². The first kappa shape index (κ1) is 17.5. The minimum absolute atomic E-state index is 0. The Morgan fingerprint density at radius 3 is 1.06 bits per heavy atom. The number of aliphatic carboxylic acids is 2. The van der Waals surface area contributed by atoms with Gasteiger partial charge < -0.3 is 19.8 Å². The third-order valence-electron chi connectivity index (χ3n) is 3.38. The van der Waals surface area contributed by atoms with E-state index in [1.54, 1.807) is 0 Å². The second-order valence-electron chi connectivity index (χ2n) is 4.60. The molecule has 0 aromatic rings. The number of hydrogen-bond donors (Lipinski definition) is 0. The predicted molar refractivity (Wildman–Crippen MR) is 59.7 cm³/mol. The smallest absolute Gasteiger partial charge is 0.550 e. The summed E-state index contributed by atoms with van der Waals surface area (Å²) in [5.74, 6) is -1.98. The number of carboxylic acids is 2. The fourth-order valence-corrected chi connectivity index (χ4v) is 2.32. The first-order valence-electron chi connectivity index (χ1n) is 6.03. The molecule has 0 bridgehead atoms. The topological polar surface area (TPSA) is 80.3 Å². The summed E-state index contributed by atoms with van der Waals surface area (Å²) >= 11 is 0. The van der Waals surface area contributed by atoms with E-state index in [0.717, 1.165) is 51.4 Å². The van der Waals surface area contributed by atoms with E-state index in [2.05, 4.69) is 0 Å². The molecule has 5 heteroatoms. The molecule has 0 amide bonds. The van der Waals surface area contributed by atoms with Crippen LogP contribution in [0.5, 0.6) is 0 Å². The molecule has 2 saturated carbocycles. The zero-order valence-corrected chi connectivity index (χ0v) is 14.6. The fraction of sp³-hybridized carbons (Fsp3) is 0.833. The van der Waals surface area contributed by atoms with Crippen molar-refractivity contribution in [1.29, 1.82) is 0 Å². The molecule has 2 rings (SSSR count). The van der Waals surface area contributed by atoms with Crippen LogP contribution in [-0.4, -0.2) is 60.8 Å². The first-order valence-corrected chi connectivity index (χ1v) is 6.03. The van der Waals surface area contributed by atoms with E-state index in [9.17, 15) is 19.8 Å². The third-order valence-corrected chi connectivity index (χ3v) is 3.38. The van der Waals surface area contributed by atoms with Crippen LogP contribution in [0.2, 0.25) is 0 Å². The minimum atomic E-state index is -0.859. The molecule has 0 aliphatic heterocycles. The van der Waals surface area contributed by atoms with Gasteiger partial charge in [0.2, 0.25) is 0 Å². The summed E-state index contributed by atoms with van der Waals surface area (Å²) in [6.07, 6.45) is 7.61. The summed E-state index contributed by atoms with van der Waals surface area (Å²) in [5.41, 5.74) is 0. The molecule has 2 aliphatic rings. The van der Waals surface area contributed by atoms with Gasteiger partial charge in [0, 0.05) is 11.9 Å². The van der Waals surface area contributed by atoms with Gasteiger partial charge in [0.25, 0.3) is 0 Å². The Bertz CT molecular complexity index is 217. The van der Waals surface area contributed by atoms with Gasteiger partial charge in [-0.25, -0.2) is 0 Å². The number of hydrogen-bond acceptors (Lipinski definition) is 4. The summed E-state index contributed by atoms with van der Waals surface area (Å²) in [4.78, 5) is 20.2. The summed E-state index contributed by atoms with van der Waals surface area (Å²) < 4.78 is 0. The van der Waals surface area contributed by atoms with Gasteiger partial charge in [-0.2, -0.15) is 0 Å². The molecule has 0 heterocycles. The summed E-state index contributed by atoms with van der Waals surface area (Å²) in [6.45, 7) is 0. The van der Waals surface area contributed by atoms with Gasteiger partial charge in [0.05, 0.1) is 0 Å². The fourth-order valence-electron chi connectivity index (χ4n) is 2.32. The Morgan fingerprint density at radius 2 is 0.941 bits per heavy atom. The molecule has 0 spiro atoms.